The van der Waals surface area contributed by atoms with Crippen LogP contribution < -0.4 is 0 Å². The molecule has 0 fully saturated rings. The molecule has 2 heterocycles. The Labute approximate surface area is 210 Å². The number of pyridine rings is 1. The summed E-state index contributed by atoms with van der Waals surface area (Å²) in [7, 11) is 0. The largest absolute Gasteiger partial charge is 0.455 e. The van der Waals surface area contributed by atoms with Crippen molar-refractivity contribution < 1.29 is 18.1 Å². The van der Waals surface area contributed by atoms with Crippen LogP contribution in [0.15, 0.2) is 77.3 Å². The van der Waals surface area contributed by atoms with Gasteiger partial charge in [0, 0.05) is 36.2 Å². The summed E-state index contributed by atoms with van der Waals surface area (Å²) < 4.78 is 90.2. The van der Waals surface area contributed by atoms with Crippen LogP contribution >= 0.6 is 0 Å². The normalized spacial score (nSPS) is 18.2. The Kier molecular flexibility index (Phi) is 3.16. The first-order chi connectivity index (χ1) is 19.7. The van der Waals surface area contributed by atoms with E-state index in [0.29, 0.717) is 27.5 Å². The van der Waals surface area contributed by atoms with Gasteiger partial charge in [-0.05, 0) is 77.9 Å². The molecule has 0 radical (unpaired) electrons. The second-order valence-electron chi connectivity index (χ2n) is 9.16. The van der Waals surface area contributed by atoms with Gasteiger partial charge in [-0.1, -0.05) is 69.3 Å². The molecule has 5 aromatic rings. The molecule has 2 heteroatoms. The van der Waals surface area contributed by atoms with Crippen molar-refractivity contribution in [1.82, 2.24) is 4.98 Å². The average Bonchev–Trinajstić information content (AvgIpc) is 3.30. The van der Waals surface area contributed by atoms with E-state index >= 15 is 0 Å². The molecule has 0 spiro atoms. The van der Waals surface area contributed by atoms with Gasteiger partial charge in [0.2, 0.25) is 0 Å². The van der Waals surface area contributed by atoms with Crippen LogP contribution in [0.2, 0.25) is 0 Å². The lowest BCUT2D eigenvalue weighted by atomic mass is 9.86. The third kappa shape index (κ3) is 4.30. The molecule has 0 N–H and O–H groups in total. The molecule has 0 atom stereocenters. The number of hydrogen-bond acceptors (Lipinski definition) is 2. The maximum Gasteiger partial charge on any atom is 0.145 e. The lowest BCUT2D eigenvalue weighted by molar-refractivity contribution is 0.410. The quantitative estimate of drug-likeness (QED) is 0.278. The zero-order chi connectivity index (χ0) is 31.8. The number of nitrogens with zero attached hydrogens (tertiary/aromatic N) is 1. The second-order valence-corrected chi connectivity index (χ2v) is 9.16. The van der Waals surface area contributed by atoms with Crippen LogP contribution in [0.25, 0.3) is 33.2 Å². The first-order valence-corrected chi connectivity index (χ1v) is 10.8. The molecule has 0 bridgehead atoms. The summed E-state index contributed by atoms with van der Waals surface area (Å²) in [6, 6.07) is 17.9. The molecule has 33 heavy (non-hydrogen) atoms. The van der Waals surface area contributed by atoms with Gasteiger partial charge in [-0.2, -0.15) is 0 Å². The fourth-order valence-corrected chi connectivity index (χ4v) is 3.96. The number of aromatic nitrogens is 1. The van der Waals surface area contributed by atoms with Crippen LogP contribution in [0.3, 0.4) is 0 Å². The Morgan fingerprint density at radius 2 is 1.73 bits per heavy atom. The molecule has 0 aliphatic heterocycles. The van der Waals surface area contributed by atoms with E-state index in [1.165, 1.54) is 18.2 Å². The molecule has 0 aliphatic carbocycles. The van der Waals surface area contributed by atoms with Crippen molar-refractivity contribution in [3.8, 4) is 11.3 Å². The van der Waals surface area contributed by atoms with E-state index in [9.17, 15) is 0 Å². The number of hydrogen-bond donors (Lipinski definition) is 0. The van der Waals surface area contributed by atoms with Crippen molar-refractivity contribution >= 4 is 21.9 Å². The van der Waals surface area contributed by atoms with Gasteiger partial charge in [-0.15, -0.1) is 0 Å². The number of fused-ring (bicyclic) bond motifs is 3. The highest BCUT2D eigenvalue weighted by Crippen LogP contribution is 2.38. The molecule has 3 aromatic carbocycles. The van der Waals surface area contributed by atoms with E-state index in [-0.39, 0.29) is 33.6 Å². The highest BCUT2D eigenvalue weighted by molar-refractivity contribution is 6.11. The Morgan fingerprint density at radius 1 is 0.909 bits per heavy atom. The number of rotatable bonds is 4. The number of aryl methyl sites for hydroxylation is 2. The SMILES string of the molecule is [2H]C([2H])([2H])c1cnc(-c2ccc(C([2H])([2H])[2H])c3c2oc2cc(C([2H])([2H])c4ccccc4)ccc23)cc1C([2H])([2H])C(C)(C)C. The van der Waals surface area contributed by atoms with Crippen molar-refractivity contribution in [1.29, 1.82) is 0 Å². The molecule has 2 nitrogen and oxygen atoms in total. The second kappa shape index (κ2) is 8.19. The molecule has 5 rings (SSSR count). The van der Waals surface area contributed by atoms with Crippen molar-refractivity contribution in [2.75, 3.05) is 0 Å². The molecular weight excluding hydrogens is 402 g/mol. The highest BCUT2D eigenvalue weighted by atomic mass is 16.3. The Hall–Kier alpha value is -3.39. The fraction of sp³-hybridized carbons (Fsp3) is 0.258. The average molecular weight is 444 g/mol. The maximum absolute atomic E-state index is 8.87. The Morgan fingerprint density at radius 3 is 2.48 bits per heavy atom. The standard InChI is InChI=1S/C31H31NO/c1-20-11-13-25(27-17-24(18-31(3,4)5)21(2)19-32-27)30-29(20)26-14-12-23(16-28(26)33-30)15-22-9-7-6-8-10-22/h6-14,16-17,19H,15,18H2,1-5H3/i1D3,2D3,15D2,18D2. The smallest absolute Gasteiger partial charge is 0.145 e. The zero-order valence-corrected chi connectivity index (χ0v) is 18.8. The van der Waals surface area contributed by atoms with Crippen molar-refractivity contribution in [2.24, 2.45) is 5.41 Å². The van der Waals surface area contributed by atoms with Gasteiger partial charge < -0.3 is 4.42 Å². The summed E-state index contributed by atoms with van der Waals surface area (Å²) in [4.78, 5) is 4.39. The van der Waals surface area contributed by atoms with E-state index in [2.05, 4.69) is 4.98 Å². The summed E-state index contributed by atoms with van der Waals surface area (Å²) in [5.74, 6) is 0. The minimum absolute atomic E-state index is 0.0347. The summed E-state index contributed by atoms with van der Waals surface area (Å²) in [6.07, 6.45) is -2.76. The minimum atomic E-state index is -2.62. The van der Waals surface area contributed by atoms with E-state index in [1.807, 2.05) is 0 Å². The number of furan rings is 1. The summed E-state index contributed by atoms with van der Waals surface area (Å²) in [6.45, 7) is -0.0638. The highest BCUT2D eigenvalue weighted by Gasteiger charge is 2.18. The zero-order valence-electron chi connectivity index (χ0n) is 28.8. The van der Waals surface area contributed by atoms with Gasteiger partial charge >= 0.3 is 0 Å². The van der Waals surface area contributed by atoms with Gasteiger partial charge in [-0.3, -0.25) is 4.98 Å². The van der Waals surface area contributed by atoms with Crippen LogP contribution in [0.1, 0.15) is 62.3 Å². The van der Waals surface area contributed by atoms with Gasteiger partial charge in [0.05, 0.1) is 5.69 Å². The van der Waals surface area contributed by atoms with Crippen LogP contribution in [0, 0.1) is 19.1 Å². The topological polar surface area (TPSA) is 26.0 Å². The molecule has 0 saturated carbocycles. The van der Waals surface area contributed by atoms with Gasteiger partial charge in [0.25, 0.3) is 0 Å². The Bertz CT molecular complexity index is 1830. The van der Waals surface area contributed by atoms with Gasteiger partial charge in [0.15, 0.2) is 0 Å². The molecule has 2 aromatic heterocycles. The van der Waals surface area contributed by atoms with E-state index in [1.54, 1.807) is 69.3 Å². The summed E-state index contributed by atoms with van der Waals surface area (Å²) >= 11 is 0. The molecular formula is C31H31NO. The van der Waals surface area contributed by atoms with E-state index in [4.69, 9.17) is 18.1 Å². The van der Waals surface area contributed by atoms with Crippen molar-refractivity contribution in [2.45, 2.75) is 47.2 Å². The lowest BCUT2D eigenvalue weighted by Crippen LogP contribution is -2.10. The molecule has 0 aliphatic rings. The first-order valence-electron chi connectivity index (χ1n) is 15.8. The third-order valence-corrected chi connectivity index (χ3v) is 5.37. The van der Waals surface area contributed by atoms with Crippen LogP contribution in [-0.4, -0.2) is 4.98 Å². The molecule has 166 valence electrons. The monoisotopic (exact) mass is 443 g/mol. The van der Waals surface area contributed by atoms with Crippen LogP contribution in [-0.2, 0) is 12.7 Å². The van der Waals surface area contributed by atoms with Gasteiger partial charge in [0.1, 0.15) is 11.2 Å². The summed E-state index contributed by atoms with van der Waals surface area (Å²) in [5, 5.41) is 0.779. The first kappa shape index (κ1) is 12.7. The molecule has 0 saturated heterocycles. The Balaban J connectivity index is 1.80. The minimum Gasteiger partial charge on any atom is -0.455 e. The van der Waals surface area contributed by atoms with E-state index in [0.717, 1.165) is 6.20 Å². The summed E-state index contributed by atoms with van der Waals surface area (Å²) in [5.41, 5.74) is 0.639. The molecule has 0 amide bonds. The van der Waals surface area contributed by atoms with Gasteiger partial charge in [-0.25, -0.2) is 0 Å². The fourth-order valence-electron chi connectivity index (χ4n) is 3.96. The van der Waals surface area contributed by atoms with Crippen molar-refractivity contribution in [3.05, 3.63) is 101 Å². The lowest BCUT2D eigenvalue weighted by Gasteiger charge is -2.20. The number of benzene rings is 3. The van der Waals surface area contributed by atoms with Crippen LogP contribution in [0.4, 0.5) is 0 Å². The van der Waals surface area contributed by atoms with Crippen molar-refractivity contribution in [3.63, 3.8) is 0 Å². The molecule has 0 unspecified atom stereocenters. The van der Waals surface area contributed by atoms with E-state index < -0.39 is 31.9 Å². The predicted octanol–water partition coefficient (Wildman–Crippen LogP) is 8.44. The maximum atomic E-state index is 8.87. The predicted molar refractivity (Wildman–Crippen MR) is 139 cm³/mol. The third-order valence-electron chi connectivity index (χ3n) is 5.37. The van der Waals surface area contributed by atoms with Crippen LogP contribution in [0.5, 0.6) is 0 Å².